The van der Waals surface area contributed by atoms with Gasteiger partial charge in [-0.3, -0.25) is 4.79 Å². The number of rotatable bonds is 4. The second-order valence-corrected chi connectivity index (χ2v) is 4.93. The molecule has 0 spiro atoms. The summed E-state index contributed by atoms with van der Waals surface area (Å²) in [6, 6.07) is 7.19. The van der Waals surface area contributed by atoms with Gasteiger partial charge in [-0.05, 0) is 38.1 Å². The van der Waals surface area contributed by atoms with Gasteiger partial charge in [0.05, 0.1) is 0 Å². The molecule has 0 aliphatic rings. The predicted molar refractivity (Wildman–Crippen MR) is 76.8 cm³/mol. The van der Waals surface area contributed by atoms with Crippen molar-refractivity contribution in [2.75, 3.05) is 19.1 Å². The topological polar surface area (TPSA) is 55.6 Å². The van der Waals surface area contributed by atoms with Gasteiger partial charge in [0.2, 0.25) is 0 Å². The molecule has 0 radical (unpaired) electrons. The highest BCUT2D eigenvalue weighted by Crippen LogP contribution is 2.19. The fourth-order valence-corrected chi connectivity index (χ4v) is 1.59. The first-order valence-corrected chi connectivity index (χ1v) is 5.93. The number of carbonyl (C=O) groups excluding carboxylic acids is 1. The predicted octanol–water partition coefficient (Wildman–Crippen LogP) is 1.71. The molecule has 0 aliphatic heterocycles. The van der Waals surface area contributed by atoms with Crippen molar-refractivity contribution in [2.45, 2.75) is 19.4 Å². The van der Waals surface area contributed by atoms with Gasteiger partial charge in [0, 0.05) is 25.4 Å². The van der Waals surface area contributed by atoms with Crippen molar-refractivity contribution in [2.24, 2.45) is 5.73 Å². The van der Waals surface area contributed by atoms with Gasteiger partial charge < -0.3 is 15.4 Å². The van der Waals surface area contributed by atoms with E-state index in [0.717, 1.165) is 11.3 Å². The Morgan fingerprint density at radius 1 is 1.33 bits per heavy atom. The van der Waals surface area contributed by atoms with Crippen LogP contribution in [0.5, 0.6) is 0 Å². The van der Waals surface area contributed by atoms with Crippen molar-refractivity contribution in [3.63, 3.8) is 0 Å². The summed E-state index contributed by atoms with van der Waals surface area (Å²) in [5.41, 5.74) is 6.22. The summed E-state index contributed by atoms with van der Waals surface area (Å²) >= 11 is 4.88. The molecule has 18 heavy (non-hydrogen) atoms. The van der Waals surface area contributed by atoms with Gasteiger partial charge in [0.25, 0.3) is 5.91 Å². The number of hydrogen-bond acceptors (Lipinski definition) is 3. The van der Waals surface area contributed by atoms with E-state index in [4.69, 9.17) is 22.7 Å². The summed E-state index contributed by atoms with van der Waals surface area (Å²) in [5.74, 6) is -0.118. The number of hydrogen-bond donors (Lipinski definition) is 1. The van der Waals surface area contributed by atoms with E-state index in [-0.39, 0.29) is 5.91 Å². The van der Waals surface area contributed by atoms with Crippen LogP contribution in [0.4, 0.5) is 5.69 Å². The zero-order valence-corrected chi connectivity index (χ0v) is 11.9. The summed E-state index contributed by atoms with van der Waals surface area (Å²) < 4.78 is 5.17. The first kappa shape index (κ1) is 14.6. The zero-order valence-electron chi connectivity index (χ0n) is 11.1. The number of methoxy groups -OCH3 is 1. The number of anilines is 1. The average molecular weight is 266 g/mol. The number of benzene rings is 1. The van der Waals surface area contributed by atoms with Gasteiger partial charge in [-0.2, -0.15) is 0 Å². The van der Waals surface area contributed by atoms with Gasteiger partial charge in [0.1, 0.15) is 10.6 Å². The largest absolute Gasteiger partial charge is 0.389 e. The van der Waals surface area contributed by atoms with Crippen LogP contribution in [0.15, 0.2) is 24.3 Å². The maximum absolute atomic E-state index is 12.2. The molecule has 0 heterocycles. The second-order valence-electron chi connectivity index (χ2n) is 4.49. The van der Waals surface area contributed by atoms with Crippen LogP contribution in [0.3, 0.4) is 0 Å². The zero-order chi connectivity index (χ0) is 13.9. The molecule has 0 aromatic heterocycles. The monoisotopic (exact) mass is 266 g/mol. The van der Waals surface area contributed by atoms with Crippen LogP contribution in [0, 0.1) is 0 Å². The highest BCUT2D eigenvalue weighted by molar-refractivity contribution is 7.80. The number of amides is 1. The summed E-state index contributed by atoms with van der Waals surface area (Å²) in [6.07, 6.45) is 0. The fraction of sp³-hybridized carbons (Fsp3) is 0.385. The summed E-state index contributed by atoms with van der Waals surface area (Å²) in [7, 11) is 3.22. The molecule has 2 N–H and O–H groups in total. The lowest BCUT2D eigenvalue weighted by molar-refractivity contribution is -0.136. The Labute approximate surface area is 113 Å². The number of carbonyl (C=O) groups is 1. The third-order valence-electron chi connectivity index (χ3n) is 2.87. The van der Waals surface area contributed by atoms with Crippen molar-refractivity contribution in [3.8, 4) is 0 Å². The molecule has 1 aromatic rings. The van der Waals surface area contributed by atoms with E-state index in [9.17, 15) is 4.79 Å². The van der Waals surface area contributed by atoms with Gasteiger partial charge >= 0.3 is 0 Å². The summed E-state index contributed by atoms with van der Waals surface area (Å²) in [4.78, 5) is 14.1. The summed E-state index contributed by atoms with van der Waals surface area (Å²) in [5, 5.41) is 0. The molecule has 0 aliphatic carbocycles. The molecule has 0 saturated carbocycles. The van der Waals surface area contributed by atoms with Crippen molar-refractivity contribution in [3.05, 3.63) is 29.8 Å². The van der Waals surface area contributed by atoms with Crippen molar-refractivity contribution >= 4 is 28.8 Å². The molecule has 1 aromatic carbocycles. The molecule has 1 rings (SSSR count). The Hall–Kier alpha value is -1.46. The molecule has 0 saturated heterocycles. The van der Waals surface area contributed by atoms with E-state index in [2.05, 4.69) is 0 Å². The standard InChI is InChI=1S/C13H18N2O2S/c1-13(2,17-4)12(16)15(3)10-7-5-9(6-8-10)11(14)18/h5-8H,1-4H3,(H2,14,18). The van der Waals surface area contributed by atoms with E-state index >= 15 is 0 Å². The van der Waals surface area contributed by atoms with Crippen LogP contribution >= 0.6 is 12.2 Å². The van der Waals surface area contributed by atoms with Gasteiger partial charge in [-0.25, -0.2) is 0 Å². The SMILES string of the molecule is COC(C)(C)C(=O)N(C)c1ccc(C(N)=S)cc1. The molecule has 0 unspecified atom stereocenters. The van der Waals surface area contributed by atoms with Crippen LogP contribution in [-0.2, 0) is 9.53 Å². The lowest BCUT2D eigenvalue weighted by Crippen LogP contribution is -2.44. The average Bonchev–Trinajstić information content (AvgIpc) is 2.37. The molecule has 0 atom stereocenters. The van der Waals surface area contributed by atoms with Crippen LogP contribution in [0.25, 0.3) is 0 Å². The molecule has 1 amide bonds. The molecular formula is C13H18N2O2S. The highest BCUT2D eigenvalue weighted by Gasteiger charge is 2.30. The highest BCUT2D eigenvalue weighted by atomic mass is 32.1. The molecular weight excluding hydrogens is 248 g/mol. The smallest absolute Gasteiger partial charge is 0.258 e. The van der Waals surface area contributed by atoms with Gasteiger partial charge in [-0.15, -0.1) is 0 Å². The Morgan fingerprint density at radius 3 is 2.22 bits per heavy atom. The maximum Gasteiger partial charge on any atom is 0.258 e. The number of thiocarbonyl (C=S) groups is 1. The van der Waals surface area contributed by atoms with Crippen molar-refractivity contribution in [1.29, 1.82) is 0 Å². The minimum atomic E-state index is -0.851. The minimum Gasteiger partial charge on any atom is -0.389 e. The first-order valence-electron chi connectivity index (χ1n) is 5.53. The Morgan fingerprint density at radius 2 is 1.83 bits per heavy atom. The quantitative estimate of drug-likeness (QED) is 0.843. The second kappa shape index (κ2) is 5.46. The molecule has 5 heteroatoms. The normalized spacial score (nSPS) is 11.1. The van der Waals surface area contributed by atoms with Crippen molar-refractivity contribution in [1.82, 2.24) is 0 Å². The fourth-order valence-electron chi connectivity index (χ4n) is 1.46. The molecule has 0 bridgehead atoms. The van der Waals surface area contributed by atoms with Crippen LogP contribution in [0.2, 0.25) is 0 Å². The van der Waals surface area contributed by atoms with E-state index in [1.54, 1.807) is 50.1 Å². The summed E-state index contributed by atoms with van der Waals surface area (Å²) in [6.45, 7) is 3.46. The molecule has 98 valence electrons. The van der Waals surface area contributed by atoms with Crippen LogP contribution in [0.1, 0.15) is 19.4 Å². The number of ether oxygens (including phenoxy) is 1. The molecule has 4 nitrogen and oxygen atoms in total. The Bertz CT molecular complexity index is 455. The van der Waals surface area contributed by atoms with E-state index < -0.39 is 5.60 Å². The lowest BCUT2D eigenvalue weighted by atomic mass is 10.1. The maximum atomic E-state index is 12.2. The van der Waals surface area contributed by atoms with Gasteiger partial charge in [0.15, 0.2) is 0 Å². The number of nitrogens with zero attached hydrogens (tertiary/aromatic N) is 1. The molecule has 0 fully saturated rings. The van der Waals surface area contributed by atoms with E-state index in [1.165, 1.54) is 7.11 Å². The third-order valence-corrected chi connectivity index (χ3v) is 3.10. The number of likely N-dealkylation sites (N-methyl/N-ethyl adjacent to an activating group) is 1. The Balaban J connectivity index is 2.94. The van der Waals surface area contributed by atoms with Crippen LogP contribution < -0.4 is 10.6 Å². The van der Waals surface area contributed by atoms with Crippen LogP contribution in [-0.4, -0.2) is 30.7 Å². The lowest BCUT2D eigenvalue weighted by Gasteiger charge is -2.28. The minimum absolute atomic E-state index is 0.118. The Kier molecular flexibility index (Phi) is 4.43. The third kappa shape index (κ3) is 3.05. The number of nitrogens with two attached hydrogens (primary N) is 1. The van der Waals surface area contributed by atoms with Gasteiger partial charge in [-0.1, -0.05) is 12.2 Å². The van der Waals surface area contributed by atoms with E-state index in [0.29, 0.717) is 4.99 Å². The van der Waals surface area contributed by atoms with E-state index in [1.807, 2.05) is 0 Å². The first-order chi connectivity index (χ1) is 8.29. The van der Waals surface area contributed by atoms with Crippen molar-refractivity contribution < 1.29 is 9.53 Å².